The van der Waals surface area contributed by atoms with Gasteiger partial charge in [-0.05, 0) is 55.3 Å². The normalized spacial score (nSPS) is 14.8. The summed E-state index contributed by atoms with van der Waals surface area (Å²) in [5.41, 5.74) is 2.00. The Balaban J connectivity index is 1.89. The van der Waals surface area contributed by atoms with E-state index in [9.17, 15) is 18.5 Å². The lowest BCUT2D eigenvalue weighted by Gasteiger charge is -2.11. The molecular formula is C18H17N3O4S. The maximum atomic E-state index is 13.2. The highest BCUT2D eigenvalue weighted by Crippen LogP contribution is 2.30. The smallest absolute Gasteiger partial charge is 0.294 e. The van der Waals surface area contributed by atoms with Crippen molar-refractivity contribution in [2.24, 2.45) is 0 Å². The molecule has 134 valence electrons. The number of nitrogens with zero attached hydrogens (tertiary/aromatic N) is 2. The second-order valence-electron chi connectivity index (χ2n) is 6.27. The van der Waals surface area contributed by atoms with E-state index >= 15 is 0 Å². The molecule has 0 atom stereocenters. The molecular weight excluding hydrogens is 354 g/mol. The van der Waals surface area contributed by atoms with E-state index in [1.165, 1.54) is 12.3 Å². The average Bonchev–Trinajstić information content (AvgIpc) is 2.93. The van der Waals surface area contributed by atoms with Gasteiger partial charge in [-0.1, -0.05) is 18.2 Å². The third kappa shape index (κ3) is 2.67. The number of rotatable bonds is 3. The van der Waals surface area contributed by atoms with Crippen LogP contribution in [0.2, 0.25) is 0 Å². The Hall–Kier alpha value is -2.71. The van der Waals surface area contributed by atoms with Gasteiger partial charge in [0.05, 0.1) is 9.82 Å². The predicted octanol–water partition coefficient (Wildman–Crippen LogP) is 2.47. The van der Waals surface area contributed by atoms with Crippen LogP contribution in [0.4, 0.5) is 5.69 Å². The lowest BCUT2D eigenvalue weighted by Crippen LogP contribution is -2.16. The van der Waals surface area contributed by atoms with Gasteiger partial charge in [0.1, 0.15) is 5.52 Å². The Morgan fingerprint density at radius 3 is 2.58 bits per heavy atom. The highest BCUT2D eigenvalue weighted by molar-refractivity contribution is 7.90. The Morgan fingerprint density at radius 1 is 1.04 bits per heavy atom. The van der Waals surface area contributed by atoms with Crippen LogP contribution < -0.4 is 5.32 Å². The van der Waals surface area contributed by atoms with E-state index in [-0.39, 0.29) is 16.1 Å². The quantitative estimate of drug-likeness (QED) is 0.564. The Bertz CT molecular complexity index is 1120. The highest BCUT2D eigenvalue weighted by Gasteiger charge is 2.25. The highest BCUT2D eigenvalue weighted by atomic mass is 32.2. The molecule has 1 aliphatic heterocycles. The summed E-state index contributed by atoms with van der Waals surface area (Å²) >= 11 is 0. The molecule has 0 amide bonds. The zero-order chi connectivity index (χ0) is 18.3. The molecule has 0 unspecified atom stereocenters. The molecule has 4 rings (SSSR count). The predicted molar refractivity (Wildman–Crippen MR) is 97.9 cm³/mol. The fourth-order valence-electron chi connectivity index (χ4n) is 3.42. The summed E-state index contributed by atoms with van der Waals surface area (Å²) in [6, 6.07) is 11.2. The fraction of sp³-hybridized carbons (Fsp3) is 0.222. The molecule has 2 heterocycles. The Labute approximate surface area is 150 Å². The second-order valence-corrected chi connectivity index (χ2v) is 8.08. The number of nitro groups is 1. The van der Waals surface area contributed by atoms with Crippen LogP contribution in [0.5, 0.6) is 0 Å². The van der Waals surface area contributed by atoms with Crippen molar-refractivity contribution in [1.29, 1.82) is 0 Å². The van der Waals surface area contributed by atoms with Gasteiger partial charge in [-0.2, -0.15) is 0 Å². The first-order chi connectivity index (χ1) is 12.5. The van der Waals surface area contributed by atoms with Gasteiger partial charge in [0, 0.05) is 17.6 Å². The molecule has 0 saturated carbocycles. The van der Waals surface area contributed by atoms with Crippen LogP contribution in [-0.4, -0.2) is 30.4 Å². The molecule has 2 aromatic carbocycles. The first-order valence-electron chi connectivity index (χ1n) is 8.31. The Morgan fingerprint density at radius 2 is 1.81 bits per heavy atom. The summed E-state index contributed by atoms with van der Waals surface area (Å²) in [6.07, 6.45) is 2.99. The van der Waals surface area contributed by atoms with E-state index in [0.29, 0.717) is 5.39 Å². The van der Waals surface area contributed by atoms with E-state index in [0.717, 1.165) is 41.0 Å². The van der Waals surface area contributed by atoms with Crippen molar-refractivity contribution < 1.29 is 13.3 Å². The van der Waals surface area contributed by atoms with Crippen molar-refractivity contribution in [1.82, 2.24) is 9.29 Å². The zero-order valence-corrected chi connectivity index (χ0v) is 14.7. The molecule has 0 bridgehead atoms. The van der Waals surface area contributed by atoms with Gasteiger partial charge in [0.15, 0.2) is 0 Å². The van der Waals surface area contributed by atoms with E-state index in [2.05, 4.69) is 5.32 Å². The summed E-state index contributed by atoms with van der Waals surface area (Å²) in [7, 11) is -3.93. The number of non-ortho nitro benzene ring substituents is 1. The molecule has 1 aliphatic rings. The van der Waals surface area contributed by atoms with Gasteiger partial charge in [-0.15, -0.1) is 0 Å². The lowest BCUT2D eigenvalue weighted by molar-refractivity contribution is -0.383. The molecule has 0 spiro atoms. The number of aromatic nitrogens is 1. The number of para-hydroxylation sites is 1. The molecule has 0 fully saturated rings. The number of nitrogens with one attached hydrogen (secondary N) is 1. The summed E-state index contributed by atoms with van der Waals surface area (Å²) in [4.78, 5) is 10.9. The molecule has 0 aliphatic carbocycles. The van der Waals surface area contributed by atoms with E-state index in [1.54, 1.807) is 30.3 Å². The fourth-order valence-corrected chi connectivity index (χ4v) is 4.84. The summed E-state index contributed by atoms with van der Waals surface area (Å²) < 4.78 is 27.4. The summed E-state index contributed by atoms with van der Waals surface area (Å²) in [5.74, 6) is 0. The first kappa shape index (κ1) is 16.7. The minimum atomic E-state index is -3.93. The van der Waals surface area contributed by atoms with Gasteiger partial charge < -0.3 is 5.32 Å². The van der Waals surface area contributed by atoms with Crippen LogP contribution in [-0.2, 0) is 22.9 Å². The SMILES string of the molecule is O=[N+]([O-])c1cccc2ccn(S(=O)(=O)c3ccc4c(c3)CCNCC4)c12. The van der Waals surface area contributed by atoms with Crippen molar-refractivity contribution in [3.05, 3.63) is 69.9 Å². The van der Waals surface area contributed by atoms with E-state index in [1.807, 2.05) is 6.07 Å². The monoisotopic (exact) mass is 371 g/mol. The largest absolute Gasteiger partial charge is 0.316 e. The van der Waals surface area contributed by atoms with Gasteiger partial charge in [-0.3, -0.25) is 10.1 Å². The third-order valence-electron chi connectivity index (χ3n) is 4.73. The maximum absolute atomic E-state index is 13.2. The van der Waals surface area contributed by atoms with E-state index in [4.69, 9.17) is 0 Å². The number of fused-ring (bicyclic) bond motifs is 2. The minimum Gasteiger partial charge on any atom is -0.316 e. The van der Waals surface area contributed by atoms with Gasteiger partial charge in [0.25, 0.3) is 15.7 Å². The van der Waals surface area contributed by atoms with Crippen LogP contribution in [0.3, 0.4) is 0 Å². The zero-order valence-electron chi connectivity index (χ0n) is 13.9. The molecule has 8 heteroatoms. The molecule has 26 heavy (non-hydrogen) atoms. The van der Waals surface area contributed by atoms with Crippen molar-refractivity contribution in [3.63, 3.8) is 0 Å². The molecule has 0 saturated heterocycles. The van der Waals surface area contributed by atoms with Crippen molar-refractivity contribution >= 4 is 26.6 Å². The van der Waals surface area contributed by atoms with Crippen LogP contribution in [0.1, 0.15) is 11.1 Å². The second kappa shape index (κ2) is 6.22. The summed E-state index contributed by atoms with van der Waals surface area (Å²) in [6.45, 7) is 1.67. The molecule has 1 aromatic heterocycles. The topological polar surface area (TPSA) is 94.2 Å². The first-order valence-corrected chi connectivity index (χ1v) is 9.75. The van der Waals surface area contributed by atoms with Gasteiger partial charge in [-0.25, -0.2) is 12.4 Å². The van der Waals surface area contributed by atoms with Gasteiger partial charge >= 0.3 is 0 Å². The Kier molecular flexibility index (Phi) is 4.01. The third-order valence-corrected chi connectivity index (χ3v) is 6.40. The van der Waals surface area contributed by atoms with Crippen LogP contribution in [0.15, 0.2) is 53.6 Å². The van der Waals surface area contributed by atoms with E-state index < -0.39 is 14.9 Å². The van der Waals surface area contributed by atoms with Crippen molar-refractivity contribution in [2.45, 2.75) is 17.7 Å². The molecule has 3 aromatic rings. The summed E-state index contributed by atoms with van der Waals surface area (Å²) in [5, 5.41) is 15.2. The number of benzene rings is 2. The van der Waals surface area contributed by atoms with Crippen LogP contribution >= 0.6 is 0 Å². The average molecular weight is 371 g/mol. The number of hydrogen-bond donors (Lipinski definition) is 1. The molecule has 7 nitrogen and oxygen atoms in total. The van der Waals surface area contributed by atoms with Crippen molar-refractivity contribution in [2.75, 3.05) is 13.1 Å². The standard InChI is InChI=1S/C18H17N3O4S/c22-21(23)17-3-1-2-14-8-11-20(18(14)17)26(24,25)16-5-4-13-6-9-19-10-7-15(13)12-16/h1-5,8,11-12,19H,6-7,9-10H2. The lowest BCUT2D eigenvalue weighted by atomic mass is 10.0. The molecule has 0 radical (unpaired) electrons. The minimum absolute atomic E-state index is 0.0918. The van der Waals surface area contributed by atoms with Gasteiger partial charge in [0.2, 0.25) is 0 Å². The number of nitro benzene ring substituents is 1. The maximum Gasteiger partial charge on any atom is 0.294 e. The van der Waals surface area contributed by atoms with Crippen LogP contribution in [0.25, 0.3) is 10.9 Å². The van der Waals surface area contributed by atoms with Crippen molar-refractivity contribution in [3.8, 4) is 0 Å². The number of hydrogen-bond acceptors (Lipinski definition) is 5. The van der Waals surface area contributed by atoms with Crippen LogP contribution in [0, 0.1) is 10.1 Å². The molecule has 1 N–H and O–H groups in total.